The Bertz CT molecular complexity index is 758. The van der Waals surface area contributed by atoms with Crippen LogP contribution in [0.2, 0.25) is 0 Å². The van der Waals surface area contributed by atoms with Gasteiger partial charge in [0.2, 0.25) is 0 Å². The molecule has 0 radical (unpaired) electrons. The van der Waals surface area contributed by atoms with Crippen molar-refractivity contribution in [2.45, 2.75) is 26.9 Å². The Balaban J connectivity index is 2.09. The van der Waals surface area contributed by atoms with Gasteiger partial charge in [0, 0.05) is 17.1 Å². The van der Waals surface area contributed by atoms with Gasteiger partial charge in [0.05, 0.1) is 5.56 Å². The minimum atomic E-state index is -1.13. The van der Waals surface area contributed by atoms with E-state index >= 15 is 0 Å². The minimum Gasteiger partial charge on any atom is -0.449 e. The Morgan fingerprint density at radius 1 is 1.04 bits per heavy atom. The van der Waals surface area contributed by atoms with E-state index in [4.69, 9.17) is 10.5 Å². The van der Waals surface area contributed by atoms with E-state index in [-0.39, 0.29) is 0 Å². The standard InChI is InChI=1S/C17H19N3O4/c1-10-4-5-11(2)20(10)14-8-6-13(7-9-14)16(22)24-12(3)15(21)19-17(18)23/h4-9,12H,1-3H3,(H3,18,19,21,23)/t12-/m0/s1. The van der Waals surface area contributed by atoms with E-state index in [9.17, 15) is 14.4 Å². The molecular weight excluding hydrogens is 310 g/mol. The normalized spacial score (nSPS) is 11.6. The number of nitrogens with one attached hydrogen (secondary N) is 1. The molecule has 0 spiro atoms. The highest BCUT2D eigenvalue weighted by Crippen LogP contribution is 2.17. The Labute approximate surface area is 139 Å². The predicted molar refractivity (Wildman–Crippen MR) is 87.8 cm³/mol. The maximum absolute atomic E-state index is 12.1. The van der Waals surface area contributed by atoms with Crippen LogP contribution in [-0.2, 0) is 9.53 Å². The summed E-state index contributed by atoms with van der Waals surface area (Å²) in [5.41, 5.74) is 8.24. The molecule has 7 nitrogen and oxygen atoms in total. The number of ether oxygens (including phenoxy) is 1. The average Bonchev–Trinajstić information content (AvgIpc) is 2.85. The van der Waals surface area contributed by atoms with Crippen LogP contribution in [0.3, 0.4) is 0 Å². The van der Waals surface area contributed by atoms with Crippen molar-refractivity contribution in [3.05, 3.63) is 53.3 Å². The van der Waals surface area contributed by atoms with E-state index in [0.29, 0.717) is 5.56 Å². The van der Waals surface area contributed by atoms with Crippen molar-refractivity contribution in [3.8, 4) is 5.69 Å². The van der Waals surface area contributed by atoms with Crippen LogP contribution in [0, 0.1) is 13.8 Å². The summed E-state index contributed by atoms with van der Waals surface area (Å²) < 4.78 is 7.07. The molecule has 2 aromatic rings. The zero-order chi connectivity index (χ0) is 17.9. The van der Waals surface area contributed by atoms with Gasteiger partial charge in [-0.05, 0) is 57.2 Å². The van der Waals surface area contributed by atoms with E-state index in [2.05, 4.69) is 4.57 Å². The van der Waals surface area contributed by atoms with Gasteiger partial charge < -0.3 is 15.0 Å². The van der Waals surface area contributed by atoms with Crippen LogP contribution in [0.15, 0.2) is 36.4 Å². The molecular formula is C17H19N3O4. The molecule has 1 atom stereocenters. The Morgan fingerprint density at radius 2 is 1.58 bits per heavy atom. The molecule has 0 bridgehead atoms. The Morgan fingerprint density at radius 3 is 2.08 bits per heavy atom. The number of aryl methyl sites for hydroxylation is 2. The van der Waals surface area contributed by atoms with Crippen LogP contribution < -0.4 is 11.1 Å². The number of aromatic nitrogens is 1. The van der Waals surface area contributed by atoms with Crippen LogP contribution in [0.5, 0.6) is 0 Å². The number of nitrogens with two attached hydrogens (primary N) is 1. The second-order valence-corrected chi connectivity index (χ2v) is 5.40. The highest BCUT2D eigenvalue weighted by molar-refractivity contribution is 5.98. The summed E-state index contributed by atoms with van der Waals surface area (Å²) in [6, 6.07) is 9.86. The molecule has 7 heteroatoms. The van der Waals surface area contributed by atoms with Gasteiger partial charge in [-0.15, -0.1) is 0 Å². The second kappa shape index (κ2) is 6.99. The molecule has 3 N–H and O–H groups in total. The molecule has 0 fully saturated rings. The quantitative estimate of drug-likeness (QED) is 0.835. The maximum Gasteiger partial charge on any atom is 0.338 e. The molecule has 1 aromatic carbocycles. The molecule has 24 heavy (non-hydrogen) atoms. The lowest BCUT2D eigenvalue weighted by Gasteiger charge is -2.13. The first-order valence-electron chi connectivity index (χ1n) is 7.36. The average molecular weight is 329 g/mol. The van der Waals surface area contributed by atoms with Gasteiger partial charge in [0.1, 0.15) is 0 Å². The van der Waals surface area contributed by atoms with Crippen molar-refractivity contribution in [3.63, 3.8) is 0 Å². The fraction of sp³-hybridized carbons (Fsp3) is 0.235. The summed E-state index contributed by atoms with van der Waals surface area (Å²) in [7, 11) is 0. The first-order valence-corrected chi connectivity index (χ1v) is 7.36. The van der Waals surface area contributed by atoms with Gasteiger partial charge in [0.15, 0.2) is 6.10 Å². The number of hydrogen-bond donors (Lipinski definition) is 2. The number of urea groups is 1. The van der Waals surface area contributed by atoms with E-state index in [1.807, 2.05) is 31.3 Å². The Kier molecular flexibility index (Phi) is 5.03. The number of carbonyl (C=O) groups excluding carboxylic acids is 3. The molecule has 0 saturated carbocycles. The number of rotatable bonds is 4. The molecule has 0 saturated heterocycles. The number of imide groups is 1. The van der Waals surface area contributed by atoms with Crippen molar-refractivity contribution < 1.29 is 19.1 Å². The zero-order valence-electron chi connectivity index (χ0n) is 13.7. The number of benzene rings is 1. The minimum absolute atomic E-state index is 0.305. The SMILES string of the molecule is Cc1ccc(C)n1-c1ccc(C(=O)O[C@@H](C)C(=O)NC(N)=O)cc1. The number of hydrogen-bond acceptors (Lipinski definition) is 4. The van der Waals surface area contributed by atoms with Crippen molar-refractivity contribution in [1.29, 1.82) is 0 Å². The van der Waals surface area contributed by atoms with Gasteiger partial charge in [0.25, 0.3) is 5.91 Å². The van der Waals surface area contributed by atoms with Crippen LogP contribution in [0.1, 0.15) is 28.7 Å². The van der Waals surface area contributed by atoms with Crippen LogP contribution in [-0.4, -0.2) is 28.6 Å². The number of nitrogens with zero attached hydrogens (tertiary/aromatic N) is 1. The monoisotopic (exact) mass is 329 g/mol. The van der Waals surface area contributed by atoms with Crippen LogP contribution in [0.25, 0.3) is 5.69 Å². The predicted octanol–water partition coefficient (Wildman–Crippen LogP) is 1.83. The first kappa shape index (κ1) is 17.3. The molecule has 0 aliphatic rings. The summed E-state index contributed by atoms with van der Waals surface area (Å²) in [5.74, 6) is -1.43. The van der Waals surface area contributed by atoms with Gasteiger partial charge in [-0.1, -0.05) is 0 Å². The van der Waals surface area contributed by atoms with Gasteiger partial charge >= 0.3 is 12.0 Å². The highest BCUT2D eigenvalue weighted by atomic mass is 16.5. The molecule has 0 aliphatic carbocycles. The molecule has 126 valence electrons. The van der Waals surface area contributed by atoms with Crippen molar-refractivity contribution in [2.24, 2.45) is 5.73 Å². The smallest absolute Gasteiger partial charge is 0.338 e. The highest BCUT2D eigenvalue weighted by Gasteiger charge is 2.20. The van der Waals surface area contributed by atoms with Gasteiger partial charge in [-0.2, -0.15) is 0 Å². The lowest BCUT2D eigenvalue weighted by atomic mass is 10.2. The number of carbonyl (C=O) groups is 3. The second-order valence-electron chi connectivity index (χ2n) is 5.40. The summed E-state index contributed by atoms with van der Waals surface area (Å²) in [6.45, 7) is 5.35. The molecule has 0 aliphatic heterocycles. The largest absolute Gasteiger partial charge is 0.449 e. The summed E-state index contributed by atoms with van der Waals surface area (Å²) >= 11 is 0. The van der Waals surface area contributed by atoms with E-state index < -0.39 is 24.0 Å². The molecule has 1 heterocycles. The molecule has 2 rings (SSSR count). The molecule has 3 amide bonds. The van der Waals surface area contributed by atoms with Gasteiger partial charge in [-0.3, -0.25) is 10.1 Å². The third kappa shape index (κ3) is 3.81. The molecule has 0 unspecified atom stereocenters. The number of primary amides is 1. The van der Waals surface area contributed by atoms with Crippen molar-refractivity contribution in [2.75, 3.05) is 0 Å². The summed E-state index contributed by atoms with van der Waals surface area (Å²) in [5, 5.41) is 1.86. The first-order chi connectivity index (χ1) is 11.3. The van der Waals surface area contributed by atoms with Crippen LogP contribution in [0.4, 0.5) is 4.79 Å². The van der Waals surface area contributed by atoms with E-state index in [1.54, 1.807) is 24.3 Å². The zero-order valence-corrected chi connectivity index (χ0v) is 13.7. The third-order valence-electron chi connectivity index (χ3n) is 3.53. The Hall–Kier alpha value is -3.09. The summed E-state index contributed by atoms with van der Waals surface area (Å²) in [6.07, 6.45) is -1.13. The fourth-order valence-electron chi connectivity index (χ4n) is 2.33. The van der Waals surface area contributed by atoms with Crippen LogP contribution >= 0.6 is 0 Å². The summed E-state index contributed by atoms with van der Waals surface area (Å²) in [4.78, 5) is 34.2. The number of esters is 1. The maximum atomic E-state index is 12.1. The van der Waals surface area contributed by atoms with Crippen molar-refractivity contribution >= 4 is 17.9 Å². The van der Waals surface area contributed by atoms with E-state index in [1.165, 1.54) is 6.92 Å². The van der Waals surface area contributed by atoms with Gasteiger partial charge in [-0.25, -0.2) is 9.59 Å². The fourth-order valence-corrected chi connectivity index (χ4v) is 2.33. The lowest BCUT2D eigenvalue weighted by Crippen LogP contribution is -2.42. The third-order valence-corrected chi connectivity index (χ3v) is 3.53. The number of amides is 3. The lowest BCUT2D eigenvalue weighted by molar-refractivity contribution is -0.127. The molecule has 1 aromatic heterocycles. The van der Waals surface area contributed by atoms with Crippen molar-refractivity contribution in [1.82, 2.24) is 9.88 Å². The topological polar surface area (TPSA) is 103 Å². The van der Waals surface area contributed by atoms with E-state index in [0.717, 1.165) is 17.1 Å².